The molecule has 3 nitrogen and oxygen atoms in total. The molecular formula is C21H15ClN2O. The van der Waals surface area contributed by atoms with Crippen LogP contribution in [0.15, 0.2) is 78.9 Å². The van der Waals surface area contributed by atoms with E-state index in [4.69, 9.17) is 17.3 Å². The van der Waals surface area contributed by atoms with Crippen LogP contribution in [0.25, 0.3) is 33.3 Å². The second kappa shape index (κ2) is 6.11. The highest BCUT2D eigenvalue weighted by atomic mass is 35.5. The molecule has 1 heterocycles. The Morgan fingerprint density at radius 2 is 1.44 bits per heavy atom. The molecule has 0 unspecified atom stereocenters. The van der Waals surface area contributed by atoms with Crippen LogP contribution in [0.2, 0.25) is 5.02 Å². The topological polar surface area (TPSA) is 48.0 Å². The van der Waals surface area contributed by atoms with Gasteiger partial charge < -0.3 is 5.73 Å². The molecule has 0 aliphatic carbocycles. The number of fused-ring (bicyclic) bond motifs is 1. The average Bonchev–Trinajstić information content (AvgIpc) is 2.97. The standard InChI is InChI=1S/C21H15ClN2O/c22-16-11-12-17-18(13-16)24(21(23)25)20(15-9-5-2-6-10-15)19(17)14-7-3-1-4-8-14/h1-13H,(H2,23,25). The predicted molar refractivity (Wildman–Crippen MR) is 103 cm³/mol. The smallest absolute Gasteiger partial charge is 0.323 e. The second-order valence-electron chi connectivity index (χ2n) is 5.79. The maximum Gasteiger partial charge on any atom is 0.323 e. The number of nitrogens with two attached hydrogens (primary N) is 1. The Bertz CT molecular complexity index is 1070. The molecule has 25 heavy (non-hydrogen) atoms. The molecular weight excluding hydrogens is 332 g/mol. The lowest BCUT2D eigenvalue weighted by atomic mass is 9.98. The fraction of sp³-hybridized carbons (Fsp3) is 0. The van der Waals surface area contributed by atoms with Crippen molar-refractivity contribution in [1.29, 1.82) is 0 Å². The number of carbonyl (C=O) groups excluding carboxylic acids is 1. The molecule has 0 aliphatic rings. The molecule has 0 spiro atoms. The Balaban J connectivity index is 2.20. The molecule has 4 heteroatoms. The molecule has 3 aromatic carbocycles. The first-order valence-electron chi connectivity index (χ1n) is 7.91. The summed E-state index contributed by atoms with van der Waals surface area (Å²) in [6.45, 7) is 0. The van der Waals surface area contributed by atoms with E-state index >= 15 is 0 Å². The summed E-state index contributed by atoms with van der Waals surface area (Å²) in [5, 5.41) is 1.50. The number of hydrogen-bond acceptors (Lipinski definition) is 1. The highest BCUT2D eigenvalue weighted by molar-refractivity contribution is 6.31. The lowest BCUT2D eigenvalue weighted by molar-refractivity contribution is 0.251. The van der Waals surface area contributed by atoms with E-state index in [-0.39, 0.29) is 0 Å². The van der Waals surface area contributed by atoms with Gasteiger partial charge >= 0.3 is 6.03 Å². The minimum absolute atomic E-state index is 0.534. The number of halogens is 1. The Kier molecular flexibility index (Phi) is 3.79. The van der Waals surface area contributed by atoms with E-state index in [0.717, 1.165) is 27.8 Å². The minimum Gasteiger partial charge on any atom is -0.351 e. The van der Waals surface area contributed by atoms with E-state index in [1.165, 1.54) is 0 Å². The van der Waals surface area contributed by atoms with Crippen molar-refractivity contribution in [1.82, 2.24) is 4.57 Å². The summed E-state index contributed by atoms with van der Waals surface area (Å²) in [7, 11) is 0. The summed E-state index contributed by atoms with van der Waals surface area (Å²) in [4.78, 5) is 12.3. The third-order valence-corrected chi connectivity index (χ3v) is 4.50. The molecule has 0 saturated heterocycles. The van der Waals surface area contributed by atoms with Gasteiger partial charge in [0.15, 0.2) is 0 Å². The maximum atomic E-state index is 12.3. The first-order chi connectivity index (χ1) is 12.2. The van der Waals surface area contributed by atoms with Crippen molar-refractivity contribution in [2.75, 3.05) is 0 Å². The van der Waals surface area contributed by atoms with E-state index in [0.29, 0.717) is 10.5 Å². The zero-order valence-corrected chi connectivity index (χ0v) is 14.1. The summed E-state index contributed by atoms with van der Waals surface area (Å²) >= 11 is 6.18. The van der Waals surface area contributed by atoms with E-state index in [1.54, 1.807) is 10.6 Å². The molecule has 4 rings (SSSR count). The van der Waals surface area contributed by atoms with Crippen molar-refractivity contribution < 1.29 is 4.79 Å². The zero-order valence-electron chi connectivity index (χ0n) is 13.3. The molecule has 4 aromatic rings. The Morgan fingerprint density at radius 3 is 2.04 bits per heavy atom. The van der Waals surface area contributed by atoms with Gasteiger partial charge in [0.25, 0.3) is 0 Å². The van der Waals surface area contributed by atoms with Crippen molar-refractivity contribution in [2.45, 2.75) is 0 Å². The number of carbonyl (C=O) groups is 1. The van der Waals surface area contributed by atoms with E-state index < -0.39 is 6.03 Å². The number of rotatable bonds is 2. The van der Waals surface area contributed by atoms with Gasteiger partial charge in [0.1, 0.15) is 0 Å². The largest absolute Gasteiger partial charge is 0.351 e. The molecule has 0 aliphatic heterocycles. The van der Waals surface area contributed by atoms with Gasteiger partial charge in [-0.05, 0) is 23.3 Å². The Morgan fingerprint density at radius 1 is 0.840 bits per heavy atom. The normalized spacial score (nSPS) is 10.9. The molecule has 1 amide bonds. The number of hydrogen-bond donors (Lipinski definition) is 1. The van der Waals surface area contributed by atoms with E-state index in [1.807, 2.05) is 72.8 Å². The molecule has 0 radical (unpaired) electrons. The molecule has 0 atom stereocenters. The first-order valence-corrected chi connectivity index (χ1v) is 8.29. The summed E-state index contributed by atoms with van der Waals surface area (Å²) in [6.07, 6.45) is 0. The van der Waals surface area contributed by atoms with Gasteiger partial charge in [0.2, 0.25) is 0 Å². The Hall–Kier alpha value is -3.04. The van der Waals surface area contributed by atoms with Crippen LogP contribution >= 0.6 is 11.6 Å². The predicted octanol–water partition coefficient (Wildman–Crippen LogP) is 5.56. The SMILES string of the molecule is NC(=O)n1c(-c2ccccc2)c(-c2ccccc2)c2ccc(Cl)cc21. The van der Waals surface area contributed by atoms with Crippen LogP contribution in [-0.2, 0) is 0 Å². The first kappa shape index (κ1) is 15.5. The fourth-order valence-electron chi connectivity index (χ4n) is 3.26. The van der Waals surface area contributed by atoms with Crippen molar-refractivity contribution in [3.05, 3.63) is 83.9 Å². The van der Waals surface area contributed by atoms with Gasteiger partial charge in [0, 0.05) is 16.0 Å². The number of nitrogens with zero attached hydrogens (tertiary/aromatic N) is 1. The van der Waals surface area contributed by atoms with Crippen LogP contribution in [0.3, 0.4) is 0 Å². The minimum atomic E-state index is -0.534. The van der Waals surface area contributed by atoms with Gasteiger partial charge in [-0.1, -0.05) is 78.3 Å². The molecule has 2 N–H and O–H groups in total. The summed E-state index contributed by atoms with van der Waals surface area (Å²) in [5.74, 6) is 0. The van der Waals surface area contributed by atoms with Gasteiger partial charge in [-0.3, -0.25) is 4.57 Å². The summed E-state index contributed by atoms with van der Waals surface area (Å²) < 4.78 is 1.54. The van der Waals surface area contributed by atoms with Crippen molar-refractivity contribution in [3.63, 3.8) is 0 Å². The monoisotopic (exact) mass is 346 g/mol. The third kappa shape index (κ3) is 2.59. The lowest BCUT2D eigenvalue weighted by Crippen LogP contribution is -2.20. The summed E-state index contributed by atoms with van der Waals surface area (Å²) in [6, 6.07) is 24.8. The number of amides is 1. The fourth-order valence-corrected chi connectivity index (χ4v) is 3.42. The molecule has 0 saturated carbocycles. The van der Waals surface area contributed by atoms with E-state index in [9.17, 15) is 4.79 Å². The quantitative estimate of drug-likeness (QED) is 0.507. The maximum absolute atomic E-state index is 12.3. The van der Waals surface area contributed by atoms with E-state index in [2.05, 4.69) is 0 Å². The molecule has 1 aromatic heterocycles. The van der Waals surface area contributed by atoms with Gasteiger partial charge in [-0.2, -0.15) is 0 Å². The average molecular weight is 347 g/mol. The van der Waals surface area contributed by atoms with Gasteiger partial charge in [-0.25, -0.2) is 4.79 Å². The zero-order chi connectivity index (χ0) is 17.4. The third-order valence-electron chi connectivity index (χ3n) is 4.26. The second-order valence-corrected chi connectivity index (χ2v) is 6.23. The number of primary amides is 1. The van der Waals surface area contributed by atoms with Crippen molar-refractivity contribution in [2.24, 2.45) is 5.73 Å². The van der Waals surface area contributed by atoms with Crippen LogP contribution in [0.4, 0.5) is 4.79 Å². The number of benzene rings is 3. The van der Waals surface area contributed by atoms with Gasteiger partial charge in [-0.15, -0.1) is 0 Å². The summed E-state index contributed by atoms with van der Waals surface area (Å²) in [5.41, 5.74) is 10.1. The Labute approximate surface area is 150 Å². The van der Waals surface area contributed by atoms with Gasteiger partial charge in [0.05, 0.1) is 11.2 Å². The van der Waals surface area contributed by atoms with Crippen LogP contribution in [0.1, 0.15) is 0 Å². The molecule has 0 fully saturated rings. The highest BCUT2D eigenvalue weighted by Crippen LogP contribution is 2.41. The number of aromatic nitrogens is 1. The van der Waals surface area contributed by atoms with Crippen LogP contribution < -0.4 is 5.73 Å². The van der Waals surface area contributed by atoms with Crippen LogP contribution in [-0.4, -0.2) is 10.6 Å². The van der Waals surface area contributed by atoms with Crippen molar-refractivity contribution in [3.8, 4) is 22.4 Å². The lowest BCUT2D eigenvalue weighted by Gasteiger charge is -2.09. The van der Waals surface area contributed by atoms with Crippen LogP contribution in [0.5, 0.6) is 0 Å². The molecule has 122 valence electrons. The molecule has 0 bridgehead atoms. The van der Waals surface area contributed by atoms with Crippen LogP contribution in [0, 0.1) is 0 Å². The highest BCUT2D eigenvalue weighted by Gasteiger charge is 2.22. The van der Waals surface area contributed by atoms with Crippen molar-refractivity contribution >= 4 is 28.5 Å².